The molecule has 3 nitrogen and oxygen atoms in total. The summed E-state index contributed by atoms with van der Waals surface area (Å²) in [5.74, 6) is 0.242. The summed E-state index contributed by atoms with van der Waals surface area (Å²) in [6, 6.07) is 0. The van der Waals surface area contributed by atoms with Crippen molar-refractivity contribution in [3.05, 3.63) is 16.1 Å². The third-order valence-electron chi connectivity index (χ3n) is 3.24. The Balaban J connectivity index is 2.75. The van der Waals surface area contributed by atoms with Crippen LogP contribution in [0.3, 0.4) is 0 Å². The SMILES string of the molecule is CCN(CC)C(C)(C)C(=O)Cc1csc(C)n1. The van der Waals surface area contributed by atoms with Crippen molar-refractivity contribution >= 4 is 17.1 Å². The van der Waals surface area contributed by atoms with Crippen LogP contribution in [0.25, 0.3) is 0 Å². The smallest absolute Gasteiger partial charge is 0.158 e. The van der Waals surface area contributed by atoms with E-state index in [2.05, 4.69) is 23.7 Å². The van der Waals surface area contributed by atoms with Gasteiger partial charge in [-0.3, -0.25) is 9.69 Å². The van der Waals surface area contributed by atoms with Crippen LogP contribution in [-0.2, 0) is 11.2 Å². The number of carbonyl (C=O) groups excluding carboxylic acids is 1. The molecule has 0 aliphatic rings. The van der Waals surface area contributed by atoms with Crippen LogP contribution in [0.15, 0.2) is 5.38 Å². The molecule has 0 aromatic carbocycles. The van der Waals surface area contributed by atoms with Gasteiger partial charge in [-0.1, -0.05) is 13.8 Å². The summed E-state index contributed by atoms with van der Waals surface area (Å²) in [6.45, 7) is 11.9. The summed E-state index contributed by atoms with van der Waals surface area (Å²) in [6.07, 6.45) is 0.438. The summed E-state index contributed by atoms with van der Waals surface area (Å²) in [4.78, 5) is 18.9. The highest BCUT2D eigenvalue weighted by molar-refractivity contribution is 7.09. The molecule has 1 aromatic rings. The second kappa shape index (κ2) is 5.74. The van der Waals surface area contributed by atoms with E-state index in [1.54, 1.807) is 11.3 Å². The second-order valence-electron chi connectivity index (χ2n) is 4.69. The highest BCUT2D eigenvalue weighted by Gasteiger charge is 2.32. The van der Waals surface area contributed by atoms with Gasteiger partial charge in [-0.05, 0) is 33.9 Å². The summed E-state index contributed by atoms with van der Waals surface area (Å²) in [5, 5.41) is 3.00. The van der Waals surface area contributed by atoms with Gasteiger partial charge in [-0.15, -0.1) is 11.3 Å². The highest BCUT2D eigenvalue weighted by Crippen LogP contribution is 2.18. The van der Waals surface area contributed by atoms with Gasteiger partial charge >= 0.3 is 0 Å². The van der Waals surface area contributed by atoms with Crippen molar-refractivity contribution in [1.82, 2.24) is 9.88 Å². The molecule has 0 amide bonds. The second-order valence-corrected chi connectivity index (χ2v) is 5.75. The summed E-state index contributed by atoms with van der Waals surface area (Å²) >= 11 is 1.60. The molecule has 1 rings (SSSR count). The van der Waals surface area contributed by atoms with Crippen LogP contribution in [0.4, 0.5) is 0 Å². The average Bonchev–Trinajstić information content (AvgIpc) is 2.65. The quantitative estimate of drug-likeness (QED) is 0.782. The first-order chi connectivity index (χ1) is 7.91. The largest absolute Gasteiger partial charge is 0.297 e. The van der Waals surface area contributed by atoms with Gasteiger partial charge in [0.25, 0.3) is 0 Å². The van der Waals surface area contributed by atoms with E-state index in [1.165, 1.54) is 0 Å². The number of aromatic nitrogens is 1. The Kier molecular flexibility index (Phi) is 4.83. The van der Waals surface area contributed by atoms with E-state index in [4.69, 9.17) is 0 Å². The molecule has 0 radical (unpaired) electrons. The van der Waals surface area contributed by atoms with E-state index in [9.17, 15) is 4.79 Å². The Morgan fingerprint density at radius 2 is 2.00 bits per heavy atom. The number of likely N-dealkylation sites (N-methyl/N-ethyl adjacent to an activating group) is 1. The van der Waals surface area contributed by atoms with Gasteiger partial charge in [-0.2, -0.15) is 0 Å². The first-order valence-electron chi connectivity index (χ1n) is 6.11. The number of thiazole rings is 1. The number of carbonyl (C=O) groups is 1. The normalized spacial score (nSPS) is 12.1. The van der Waals surface area contributed by atoms with Gasteiger partial charge in [0.15, 0.2) is 5.78 Å². The third kappa shape index (κ3) is 3.36. The maximum absolute atomic E-state index is 12.3. The molecule has 0 N–H and O–H groups in total. The maximum Gasteiger partial charge on any atom is 0.158 e. The van der Waals surface area contributed by atoms with Crippen LogP contribution in [0, 0.1) is 6.92 Å². The number of hydrogen-bond donors (Lipinski definition) is 0. The zero-order chi connectivity index (χ0) is 13.1. The van der Waals surface area contributed by atoms with E-state index in [1.807, 2.05) is 26.2 Å². The fourth-order valence-corrected chi connectivity index (χ4v) is 2.67. The molecule has 0 saturated heterocycles. The Morgan fingerprint density at radius 3 is 2.41 bits per heavy atom. The molecule has 0 aliphatic heterocycles. The average molecular weight is 254 g/mol. The predicted octanol–water partition coefficient (Wildman–Crippen LogP) is 2.68. The summed E-state index contributed by atoms with van der Waals surface area (Å²) < 4.78 is 0. The molecular weight excluding hydrogens is 232 g/mol. The highest BCUT2D eigenvalue weighted by atomic mass is 32.1. The van der Waals surface area contributed by atoms with Crippen molar-refractivity contribution < 1.29 is 4.79 Å². The fraction of sp³-hybridized carbons (Fsp3) is 0.692. The number of ketones is 1. The van der Waals surface area contributed by atoms with E-state index in [0.29, 0.717) is 6.42 Å². The molecular formula is C13H22N2OS. The molecule has 17 heavy (non-hydrogen) atoms. The van der Waals surface area contributed by atoms with Gasteiger partial charge in [0, 0.05) is 5.38 Å². The third-order valence-corrected chi connectivity index (χ3v) is 4.07. The van der Waals surface area contributed by atoms with Gasteiger partial charge < -0.3 is 0 Å². The number of aryl methyl sites for hydroxylation is 1. The lowest BCUT2D eigenvalue weighted by Gasteiger charge is -2.35. The van der Waals surface area contributed by atoms with Crippen molar-refractivity contribution in [1.29, 1.82) is 0 Å². The molecule has 96 valence electrons. The van der Waals surface area contributed by atoms with Crippen molar-refractivity contribution in [3.63, 3.8) is 0 Å². The Bertz CT molecular complexity index is 381. The van der Waals surface area contributed by atoms with Crippen molar-refractivity contribution in [2.45, 2.75) is 46.6 Å². The standard InChI is InChI=1S/C13H22N2OS/c1-6-15(7-2)13(4,5)12(16)8-11-9-17-10(3)14-11/h9H,6-8H2,1-5H3. The minimum absolute atomic E-state index is 0.242. The number of rotatable bonds is 6. The molecule has 0 unspecified atom stereocenters. The first-order valence-corrected chi connectivity index (χ1v) is 6.99. The summed E-state index contributed by atoms with van der Waals surface area (Å²) in [5.41, 5.74) is 0.499. The number of nitrogens with zero attached hydrogens (tertiary/aromatic N) is 2. The first kappa shape index (κ1) is 14.3. The van der Waals surface area contributed by atoms with E-state index >= 15 is 0 Å². The summed E-state index contributed by atoms with van der Waals surface area (Å²) in [7, 11) is 0. The van der Waals surface area contributed by atoms with Crippen LogP contribution in [-0.4, -0.2) is 34.3 Å². The maximum atomic E-state index is 12.3. The van der Waals surface area contributed by atoms with Crippen LogP contribution < -0.4 is 0 Å². The van der Waals surface area contributed by atoms with Crippen molar-refractivity contribution in [3.8, 4) is 0 Å². The van der Waals surface area contributed by atoms with Gasteiger partial charge in [0.05, 0.1) is 22.7 Å². The topological polar surface area (TPSA) is 33.2 Å². The molecule has 0 bridgehead atoms. The zero-order valence-electron chi connectivity index (χ0n) is 11.4. The van der Waals surface area contributed by atoms with Crippen LogP contribution >= 0.6 is 11.3 Å². The molecule has 1 aromatic heterocycles. The molecule has 1 heterocycles. The molecule has 0 atom stereocenters. The molecule has 0 spiro atoms. The molecule has 0 aliphatic carbocycles. The van der Waals surface area contributed by atoms with Crippen molar-refractivity contribution in [2.75, 3.05) is 13.1 Å². The predicted molar refractivity (Wildman–Crippen MR) is 72.6 cm³/mol. The zero-order valence-corrected chi connectivity index (χ0v) is 12.2. The van der Waals surface area contributed by atoms with Crippen LogP contribution in [0.5, 0.6) is 0 Å². The molecule has 0 saturated carbocycles. The van der Waals surface area contributed by atoms with Gasteiger partial charge in [-0.25, -0.2) is 4.98 Å². The minimum atomic E-state index is -0.402. The lowest BCUT2D eigenvalue weighted by molar-refractivity contribution is -0.128. The fourth-order valence-electron chi connectivity index (χ4n) is 2.06. The number of Topliss-reactive ketones (excluding diaryl/α,β-unsaturated/α-hetero) is 1. The monoisotopic (exact) mass is 254 g/mol. The molecule has 4 heteroatoms. The van der Waals surface area contributed by atoms with E-state index in [0.717, 1.165) is 23.8 Å². The number of hydrogen-bond acceptors (Lipinski definition) is 4. The Morgan fingerprint density at radius 1 is 1.41 bits per heavy atom. The van der Waals surface area contributed by atoms with Gasteiger partial charge in [0.2, 0.25) is 0 Å². The van der Waals surface area contributed by atoms with E-state index < -0.39 is 5.54 Å². The Hall–Kier alpha value is -0.740. The van der Waals surface area contributed by atoms with Crippen LogP contribution in [0.2, 0.25) is 0 Å². The van der Waals surface area contributed by atoms with Gasteiger partial charge in [0.1, 0.15) is 0 Å². The lowest BCUT2D eigenvalue weighted by atomic mass is 9.93. The van der Waals surface area contributed by atoms with Crippen LogP contribution in [0.1, 0.15) is 38.4 Å². The van der Waals surface area contributed by atoms with Crippen molar-refractivity contribution in [2.24, 2.45) is 0 Å². The molecule has 0 fully saturated rings. The lowest BCUT2D eigenvalue weighted by Crippen LogP contribution is -2.50. The minimum Gasteiger partial charge on any atom is -0.297 e. The Labute approximate surface area is 108 Å². The van der Waals surface area contributed by atoms with E-state index in [-0.39, 0.29) is 5.78 Å².